The average Bonchev–Trinajstić information content (AvgIpc) is 2.91. The Labute approximate surface area is 241 Å². The molecule has 3 N–H and O–H groups in total. The fraction of sp³-hybridized carbons (Fsp3) is 0.375. The van der Waals surface area contributed by atoms with E-state index >= 15 is 0 Å². The van der Waals surface area contributed by atoms with Crippen molar-refractivity contribution in [2.45, 2.75) is 58.7 Å². The Morgan fingerprint density at radius 1 is 0.900 bits per heavy atom. The fourth-order valence-corrected chi connectivity index (χ4v) is 5.02. The monoisotopic (exact) mass is 567 g/mol. The van der Waals surface area contributed by atoms with Crippen molar-refractivity contribution < 1.29 is 19.1 Å². The maximum atomic E-state index is 13.9. The predicted octanol–water partition coefficient (Wildman–Crippen LogP) is 5.62. The smallest absolute Gasteiger partial charge is 0.254 e. The van der Waals surface area contributed by atoms with Gasteiger partial charge in [0.2, 0.25) is 0 Å². The van der Waals surface area contributed by atoms with Crippen LogP contribution in [0.3, 0.4) is 0 Å². The number of amides is 2. The molecule has 0 fully saturated rings. The first kappa shape index (κ1) is 31.3. The van der Waals surface area contributed by atoms with Gasteiger partial charge in [-0.3, -0.25) is 9.59 Å². The van der Waals surface area contributed by atoms with Gasteiger partial charge in [0.05, 0.1) is 6.10 Å². The molecule has 0 aliphatic heterocycles. The highest BCUT2D eigenvalue weighted by Crippen LogP contribution is 2.19. The molecule has 0 heterocycles. The van der Waals surface area contributed by atoms with E-state index in [9.17, 15) is 19.1 Å². The summed E-state index contributed by atoms with van der Waals surface area (Å²) in [5.41, 5.74) is 9.37. The Morgan fingerprint density at radius 2 is 1.50 bits per heavy atom. The van der Waals surface area contributed by atoms with Crippen LogP contribution in [0.25, 0.3) is 0 Å². The van der Waals surface area contributed by atoms with Gasteiger partial charge in [0.15, 0.2) is 0 Å². The van der Waals surface area contributed by atoms with Gasteiger partial charge in [-0.1, -0.05) is 55.8 Å². The summed E-state index contributed by atoms with van der Waals surface area (Å²) in [5, 5.41) is 11.3. The van der Waals surface area contributed by atoms with Crippen LogP contribution in [0.5, 0.6) is 0 Å². The molecule has 0 spiro atoms. The molecule has 6 nitrogen and oxygen atoms in total. The first-order valence-electron chi connectivity index (χ1n) is 13.7. The standard InChI is InChI=1S/C32H39ClFN3O3/c1-4-11-36(12-5-2)31(39)25-13-22(3)14-26(18-25)32(40)37(20-23-9-7-6-8-10-23)21-30(38)29(35)17-24-15-27(33)19-28(34)16-24/h6-10,13-16,18-19,29-30,38H,4-5,11-12,17,20-21,35H2,1-3H3/t29-,30+/m0/s1. The molecule has 3 aromatic rings. The second kappa shape index (κ2) is 14.9. The molecule has 3 aromatic carbocycles. The maximum absolute atomic E-state index is 13.9. The minimum Gasteiger partial charge on any atom is -0.390 e. The Bertz CT molecular complexity index is 1260. The zero-order valence-corrected chi connectivity index (χ0v) is 24.2. The first-order valence-corrected chi connectivity index (χ1v) is 14.1. The Kier molecular flexibility index (Phi) is 11.7. The molecular formula is C32H39ClFN3O3. The fourth-order valence-electron chi connectivity index (χ4n) is 4.77. The van der Waals surface area contributed by atoms with E-state index in [1.807, 2.05) is 56.0 Å². The van der Waals surface area contributed by atoms with Gasteiger partial charge in [0.25, 0.3) is 11.8 Å². The number of carbonyl (C=O) groups excluding carboxylic acids is 2. The van der Waals surface area contributed by atoms with Crippen molar-refractivity contribution in [3.05, 3.63) is 105 Å². The highest BCUT2D eigenvalue weighted by molar-refractivity contribution is 6.30. The average molecular weight is 568 g/mol. The molecule has 0 saturated carbocycles. The quantitative estimate of drug-likeness (QED) is 0.280. The normalized spacial score (nSPS) is 12.6. The SMILES string of the molecule is CCCN(CCC)C(=O)c1cc(C)cc(C(=O)N(Cc2ccccc2)C[C@@H](O)[C@@H](N)Cc2cc(F)cc(Cl)c2)c1. The third-order valence-corrected chi connectivity index (χ3v) is 6.86. The second-order valence-corrected chi connectivity index (χ2v) is 10.7. The zero-order chi connectivity index (χ0) is 29.2. The lowest BCUT2D eigenvalue weighted by atomic mass is 10.0. The van der Waals surface area contributed by atoms with E-state index in [1.54, 1.807) is 24.3 Å². The van der Waals surface area contributed by atoms with Gasteiger partial charge in [-0.2, -0.15) is 0 Å². The van der Waals surface area contributed by atoms with E-state index in [-0.39, 0.29) is 36.3 Å². The van der Waals surface area contributed by atoms with Crippen LogP contribution in [-0.4, -0.2) is 58.5 Å². The molecule has 0 saturated heterocycles. The van der Waals surface area contributed by atoms with Crippen molar-refractivity contribution in [2.75, 3.05) is 19.6 Å². The lowest BCUT2D eigenvalue weighted by molar-refractivity contribution is 0.0554. The zero-order valence-electron chi connectivity index (χ0n) is 23.4. The maximum Gasteiger partial charge on any atom is 0.254 e. The number of aliphatic hydroxyl groups excluding tert-OH is 1. The molecule has 3 rings (SSSR count). The van der Waals surface area contributed by atoms with Gasteiger partial charge >= 0.3 is 0 Å². The molecular weight excluding hydrogens is 529 g/mol. The van der Waals surface area contributed by atoms with Gasteiger partial charge < -0.3 is 20.6 Å². The number of hydrogen-bond acceptors (Lipinski definition) is 4. The number of nitrogens with two attached hydrogens (primary N) is 1. The van der Waals surface area contributed by atoms with Crippen LogP contribution in [0, 0.1) is 12.7 Å². The molecule has 2 amide bonds. The number of rotatable bonds is 13. The van der Waals surface area contributed by atoms with Gasteiger partial charge in [-0.05, 0) is 79.3 Å². The van der Waals surface area contributed by atoms with E-state index < -0.39 is 18.0 Å². The molecule has 40 heavy (non-hydrogen) atoms. The van der Waals surface area contributed by atoms with Crippen LogP contribution >= 0.6 is 11.6 Å². The summed E-state index contributed by atoms with van der Waals surface area (Å²) in [6, 6.07) is 18.0. The van der Waals surface area contributed by atoms with Crippen molar-refractivity contribution in [3.8, 4) is 0 Å². The molecule has 0 aliphatic carbocycles. The Balaban J connectivity index is 1.87. The summed E-state index contributed by atoms with van der Waals surface area (Å²) in [5.74, 6) is -0.905. The van der Waals surface area contributed by atoms with E-state index in [2.05, 4.69) is 0 Å². The van der Waals surface area contributed by atoms with Crippen LogP contribution in [0.1, 0.15) is 64.1 Å². The van der Waals surface area contributed by atoms with Crippen LogP contribution in [0.15, 0.2) is 66.7 Å². The van der Waals surface area contributed by atoms with E-state index in [0.717, 1.165) is 24.0 Å². The van der Waals surface area contributed by atoms with Crippen molar-refractivity contribution in [1.82, 2.24) is 9.80 Å². The molecule has 214 valence electrons. The molecule has 0 unspecified atom stereocenters. The topological polar surface area (TPSA) is 86.9 Å². The lowest BCUT2D eigenvalue weighted by Gasteiger charge is -2.29. The summed E-state index contributed by atoms with van der Waals surface area (Å²) in [4.78, 5) is 30.5. The molecule has 0 aliphatic rings. The van der Waals surface area contributed by atoms with E-state index in [4.69, 9.17) is 17.3 Å². The Hall–Kier alpha value is -3.26. The number of aliphatic hydroxyl groups is 1. The summed E-state index contributed by atoms with van der Waals surface area (Å²) >= 11 is 5.98. The summed E-state index contributed by atoms with van der Waals surface area (Å²) < 4.78 is 13.8. The highest BCUT2D eigenvalue weighted by atomic mass is 35.5. The molecule has 0 radical (unpaired) electrons. The number of carbonyl (C=O) groups is 2. The molecule has 2 atom stereocenters. The number of halogens is 2. The van der Waals surface area contributed by atoms with Gasteiger partial charge in [0, 0.05) is 48.4 Å². The van der Waals surface area contributed by atoms with E-state index in [0.29, 0.717) is 29.8 Å². The number of hydrogen-bond donors (Lipinski definition) is 2. The van der Waals surface area contributed by atoms with Crippen LogP contribution in [0.4, 0.5) is 4.39 Å². The molecule has 0 bridgehead atoms. The molecule has 8 heteroatoms. The number of nitrogens with zero attached hydrogens (tertiary/aromatic N) is 2. The van der Waals surface area contributed by atoms with Crippen molar-refractivity contribution >= 4 is 23.4 Å². The summed E-state index contributed by atoms with van der Waals surface area (Å²) in [7, 11) is 0. The van der Waals surface area contributed by atoms with Crippen molar-refractivity contribution in [2.24, 2.45) is 5.73 Å². The van der Waals surface area contributed by atoms with Gasteiger partial charge in [-0.15, -0.1) is 0 Å². The van der Waals surface area contributed by atoms with Crippen molar-refractivity contribution in [1.29, 1.82) is 0 Å². The van der Waals surface area contributed by atoms with Crippen molar-refractivity contribution in [3.63, 3.8) is 0 Å². The predicted molar refractivity (Wildman–Crippen MR) is 158 cm³/mol. The van der Waals surface area contributed by atoms with Crippen LogP contribution in [0.2, 0.25) is 5.02 Å². The third kappa shape index (κ3) is 8.88. The summed E-state index contributed by atoms with van der Waals surface area (Å²) in [6.07, 6.45) is 0.771. The molecule has 0 aromatic heterocycles. The minimum atomic E-state index is -1.09. The number of benzene rings is 3. The minimum absolute atomic E-state index is 0.0487. The lowest BCUT2D eigenvalue weighted by Crippen LogP contribution is -2.46. The summed E-state index contributed by atoms with van der Waals surface area (Å²) in [6.45, 7) is 7.39. The van der Waals surface area contributed by atoms with Crippen LogP contribution in [-0.2, 0) is 13.0 Å². The highest BCUT2D eigenvalue weighted by Gasteiger charge is 2.25. The largest absolute Gasteiger partial charge is 0.390 e. The van der Waals surface area contributed by atoms with E-state index in [1.165, 1.54) is 17.0 Å². The van der Waals surface area contributed by atoms with Gasteiger partial charge in [-0.25, -0.2) is 4.39 Å². The second-order valence-electron chi connectivity index (χ2n) is 10.3. The first-order chi connectivity index (χ1) is 19.1. The third-order valence-electron chi connectivity index (χ3n) is 6.64. The van der Waals surface area contributed by atoms with Crippen LogP contribution < -0.4 is 5.73 Å². The Morgan fingerprint density at radius 3 is 2.08 bits per heavy atom. The van der Waals surface area contributed by atoms with Gasteiger partial charge in [0.1, 0.15) is 5.82 Å². The number of aryl methyl sites for hydroxylation is 1.